The molecule has 2 aromatic carbocycles. The first-order chi connectivity index (χ1) is 8.99. The van der Waals surface area contributed by atoms with Crippen LogP contribution in [0.15, 0.2) is 30.3 Å². The van der Waals surface area contributed by atoms with E-state index in [0.29, 0.717) is 37.1 Å². The summed E-state index contributed by atoms with van der Waals surface area (Å²) < 4.78 is 5.58. The van der Waals surface area contributed by atoms with Crippen molar-refractivity contribution in [3.63, 3.8) is 0 Å². The second kappa shape index (κ2) is 6.10. The third-order valence-corrected chi connectivity index (χ3v) is 3.92. The summed E-state index contributed by atoms with van der Waals surface area (Å²) in [5.74, 6) is 0.436. The Morgan fingerprint density at radius 3 is 2.11 bits per heavy atom. The fraction of sp³-hybridized carbons (Fsp3) is 0.0769. The van der Waals surface area contributed by atoms with Crippen LogP contribution in [0.2, 0.25) is 20.1 Å². The topological polar surface area (TPSA) is 35.2 Å². The van der Waals surface area contributed by atoms with E-state index in [9.17, 15) is 0 Å². The molecule has 0 amide bonds. The van der Waals surface area contributed by atoms with Crippen LogP contribution in [-0.2, 0) is 6.61 Å². The van der Waals surface area contributed by atoms with E-state index in [1.807, 2.05) is 0 Å². The van der Waals surface area contributed by atoms with Gasteiger partial charge in [-0.25, -0.2) is 0 Å². The van der Waals surface area contributed by atoms with Gasteiger partial charge in [0, 0.05) is 21.7 Å². The third-order valence-electron chi connectivity index (χ3n) is 2.49. The van der Waals surface area contributed by atoms with Gasteiger partial charge in [-0.05, 0) is 18.2 Å². The Balaban J connectivity index is 2.22. The molecule has 2 N–H and O–H groups in total. The summed E-state index contributed by atoms with van der Waals surface area (Å²) in [6.07, 6.45) is 0. The van der Waals surface area contributed by atoms with Crippen LogP contribution >= 0.6 is 46.4 Å². The maximum Gasteiger partial charge on any atom is 0.144 e. The SMILES string of the molecule is Nc1cc(Cl)c(Cl)cc1OCc1c(Cl)cccc1Cl. The van der Waals surface area contributed by atoms with Gasteiger partial charge in [-0.3, -0.25) is 0 Å². The molecule has 0 aromatic heterocycles. The van der Waals surface area contributed by atoms with Crippen molar-refractivity contribution in [3.05, 3.63) is 56.0 Å². The molecule has 0 radical (unpaired) electrons. The minimum Gasteiger partial charge on any atom is -0.487 e. The number of hydrogen-bond acceptors (Lipinski definition) is 2. The molecule has 100 valence electrons. The minimum atomic E-state index is 0.195. The molecular formula is C13H9Cl4NO. The van der Waals surface area contributed by atoms with E-state index in [1.54, 1.807) is 24.3 Å². The summed E-state index contributed by atoms with van der Waals surface area (Å²) in [6.45, 7) is 0.195. The first kappa shape index (κ1) is 14.6. The van der Waals surface area contributed by atoms with E-state index >= 15 is 0 Å². The molecule has 0 fully saturated rings. The Hall–Kier alpha value is -0.800. The molecule has 6 heteroatoms. The second-order valence-corrected chi connectivity index (χ2v) is 5.42. The molecule has 0 spiro atoms. The van der Waals surface area contributed by atoms with Gasteiger partial charge in [0.1, 0.15) is 12.4 Å². The standard InChI is InChI=1S/C13H9Cl4NO/c14-8-2-1-3-9(15)7(8)6-19-13-5-11(17)10(16)4-12(13)18/h1-5H,6,18H2. The second-order valence-electron chi connectivity index (χ2n) is 3.79. The number of hydrogen-bond donors (Lipinski definition) is 1. The van der Waals surface area contributed by atoms with Crippen LogP contribution in [0, 0.1) is 0 Å². The Morgan fingerprint density at radius 1 is 0.895 bits per heavy atom. The minimum absolute atomic E-state index is 0.195. The van der Waals surface area contributed by atoms with Crippen LogP contribution in [0.5, 0.6) is 5.75 Å². The molecule has 2 aromatic rings. The molecular weight excluding hydrogens is 328 g/mol. The summed E-state index contributed by atoms with van der Waals surface area (Å²) in [5, 5.41) is 1.82. The van der Waals surface area contributed by atoms with Crippen LogP contribution in [0.3, 0.4) is 0 Å². The summed E-state index contributed by atoms with van der Waals surface area (Å²) in [7, 11) is 0. The highest BCUT2D eigenvalue weighted by Gasteiger charge is 2.10. The molecule has 2 nitrogen and oxygen atoms in total. The smallest absolute Gasteiger partial charge is 0.144 e. The van der Waals surface area contributed by atoms with E-state index < -0.39 is 0 Å². The molecule has 0 aliphatic rings. The lowest BCUT2D eigenvalue weighted by Crippen LogP contribution is -2.00. The number of ether oxygens (including phenoxy) is 1. The van der Waals surface area contributed by atoms with Crippen LogP contribution in [-0.4, -0.2) is 0 Å². The van der Waals surface area contributed by atoms with Crippen molar-refractivity contribution < 1.29 is 4.74 Å². The molecule has 19 heavy (non-hydrogen) atoms. The Kier molecular flexibility index (Phi) is 4.69. The van der Waals surface area contributed by atoms with Crippen LogP contribution in [0.4, 0.5) is 5.69 Å². The van der Waals surface area contributed by atoms with Crippen molar-refractivity contribution in [2.24, 2.45) is 0 Å². The van der Waals surface area contributed by atoms with Gasteiger partial charge in [-0.15, -0.1) is 0 Å². The first-order valence-corrected chi connectivity index (χ1v) is 6.80. The first-order valence-electron chi connectivity index (χ1n) is 5.29. The highest BCUT2D eigenvalue weighted by molar-refractivity contribution is 6.42. The van der Waals surface area contributed by atoms with Gasteiger partial charge in [0.2, 0.25) is 0 Å². The van der Waals surface area contributed by atoms with E-state index in [-0.39, 0.29) is 6.61 Å². The molecule has 0 bridgehead atoms. The van der Waals surface area contributed by atoms with Gasteiger partial charge in [0.15, 0.2) is 0 Å². The lowest BCUT2D eigenvalue weighted by molar-refractivity contribution is 0.308. The number of halogens is 4. The van der Waals surface area contributed by atoms with Gasteiger partial charge in [0.05, 0.1) is 15.7 Å². The summed E-state index contributed by atoms with van der Waals surface area (Å²) in [4.78, 5) is 0. The van der Waals surface area contributed by atoms with E-state index in [4.69, 9.17) is 56.9 Å². The average Bonchev–Trinajstić information content (AvgIpc) is 2.34. The lowest BCUT2D eigenvalue weighted by Gasteiger charge is -2.12. The van der Waals surface area contributed by atoms with E-state index in [0.717, 1.165) is 0 Å². The fourth-order valence-electron chi connectivity index (χ4n) is 1.49. The molecule has 0 heterocycles. The van der Waals surface area contributed by atoms with Gasteiger partial charge >= 0.3 is 0 Å². The highest BCUT2D eigenvalue weighted by atomic mass is 35.5. The predicted molar refractivity (Wildman–Crippen MR) is 81.7 cm³/mol. The maximum absolute atomic E-state index is 6.05. The zero-order chi connectivity index (χ0) is 14.0. The monoisotopic (exact) mass is 335 g/mol. The molecule has 0 saturated carbocycles. The van der Waals surface area contributed by atoms with Crippen LogP contribution < -0.4 is 10.5 Å². The van der Waals surface area contributed by atoms with Gasteiger partial charge in [0.25, 0.3) is 0 Å². The molecule has 0 aliphatic carbocycles. The number of nitrogen functional groups attached to an aromatic ring is 1. The normalized spacial score (nSPS) is 10.5. The van der Waals surface area contributed by atoms with Gasteiger partial charge in [-0.1, -0.05) is 52.5 Å². The quantitative estimate of drug-likeness (QED) is 0.755. The van der Waals surface area contributed by atoms with Crippen molar-refractivity contribution >= 4 is 52.1 Å². The zero-order valence-corrected chi connectivity index (χ0v) is 12.6. The number of anilines is 1. The van der Waals surface area contributed by atoms with E-state index in [2.05, 4.69) is 0 Å². The van der Waals surface area contributed by atoms with Crippen molar-refractivity contribution in [3.8, 4) is 5.75 Å². The van der Waals surface area contributed by atoms with Crippen molar-refractivity contribution in [1.82, 2.24) is 0 Å². The molecule has 2 rings (SSSR count). The molecule has 0 atom stereocenters. The molecule has 0 aliphatic heterocycles. The highest BCUT2D eigenvalue weighted by Crippen LogP contribution is 2.33. The number of rotatable bonds is 3. The third kappa shape index (κ3) is 3.40. The molecule has 0 unspecified atom stereocenters. The van der Waals surface area contributed by atoms with Crippen molar-refractivity contribution in [2.75, 3.05) is 5.73 Å². The summed E-state index contributed by atoms with van der Waals surface area (Å²) in [6, 6.07) is 8.34. The van der Waals surface area contributed by atoms with Gasteiger partial charge in [-0.2, -0.15) is 0 Å². The predicted octanol–water partition coefficient (Wildman–Crippen LogP) is 5.46. The van der Waals surface area contributed by atoms with Crippen molar-refractivity contribution in [2.45, 2.75) is 6.61 Å². The number of nitrogens with two attached hydrogens (primary N) is 1. The van der Waals surface area contributed by atoms with Crippen molar-refractivity contribution in [1.29, 1.82) is 0 Å². The summed E-state index contributed by atoms with van der Waals surface area (Å²) >= 11 is 23.9. The van der Waals surface area contributed by atoms with Crippen LogP contribution in [0.1, 0.15) is 5.56 Å². The Morgan fingerprint density at radius 2 is 1.47 bits per heavy atom. The van der Waals surface area contributed by atoms with Crippen LogP contribution in [0.25, 0.3) is 0 Å². The Bertz CT molecular complexity index is 596. The molecule has 0 saturated heterocycles. The lowest BCUT2D eigenvalue weighted by atomic mass is 10.2. The fourth-order valence-corrected chi connectivity index (χ4v) is 2.32. The Labute approximate surface area is 131 Å². The maximum atomic E-state index is 6.05. The van der Waals surface area contributed by atoms with Gasteiger partial charge < -0.3 is 10.5 Å². The summed E-state index contributed by atoms with van der Waals surface area (Å²) in [5.41, 5.74) is 6.89. The zero-order valence-electron chi connectivity index (χ0n) is 9.59. The largest absolute Gasteiger partial charge is 0.487 e. The van der Waals surface area contributed by atoms with E-state index in [1.165, 1.54) is 6.07 Å². The number of benzene rings is 2. The average molecular weight is 337 g/mol.